The van der Waals surface area contributed by atoms with E-state index in [1.54, 1.807) is 0 Å². The number of primary sulfonamides is 1. The van der Waals surface area contributed by atoms with Gasteiger partial charge in [-0.15, -0.1) is 10.2 Å². The van der Waals surface area contributed by atoms with Gasteiger partial charge in [0.1, 0.15) is 5.75 Å². The lowest BCUT2D eigenvalue weighted by Crippen LogP contribution is -2.15. The molecular formula is C24H23N5O4S2. The lowest BCUT2D eigenvalue weighted by atomic mass is 10.2. The van der Waals surface area contributed by atoms with Gasteiger partial charge in [0.2, 0.25) is 15.9 Å². The van der Waals surface area contributed by atoms with Gasteiger partial charge in [-0.2, -0.15) is 0 Å². The van der Waals surface area contributed by atoms with Gasteiger partial charge in [-0.1, -0.05) is 42.1 Å². The highest BCUT2D eigenvalue weighted by molar-refractivity contribution is 7.99. The van der Waals surface area contributed by atoms with Crippen LogP contribution in [-0.2, 0) is 14.8 Å². The topological polar surface area (TPSA) is 129 Å². The third-order valence-corrected chi connectivity index (χ3v) is 6.73. The number of benzene rings is 3. The number of hydrogen-bond acceptors (Lipinski definition) is 7. The Bertz CT molecular complexity index is 1400. The van der Waals surface area contributed by atoms with Crippen LogP contribution in [0.2, 0.25) is 0 Å². The molecule has 1 amide bonds. The predicted octanol–water partition coefficient (Wildman–Crippen LogP) is 3.71. The number of rotatable bonds is 9. The van der Waals surface area contributed by atoms with E-state index >= 15 is 0 Å². The van der Waals surface area contributed by atoms with E-state index in [9.17, 15) is 13.2 Å². The second kappa shape index (κ2) is 10.7. The molecule has 0 spiro atoms. The molecule has 0 aliphatic rings. The minimum atomic E-state index is -3.79. The second-order valence-corrected chi connectivity index (χ2v) is 9.84. The van der Waals surface area contributed by atoms with Crippen LogP contribution in [0.3, 0.4) is 0 Å². The molecule has 3 N–H and O–H groups in total. The Hall–Kier alpha value is -3.67. The molecule has 35 heavy (non-hydrogen) atoms. The van der Waals surface area contributed by atoms with Crippen molar-refractivity contribution in [1.29, 1.82) is 0 Å². The number of aromatic nitrogens is 3. The number of thioether (sulfide) groups is 1. The fourth-order valence-electron chi connectivity index (χ4n) is 3.28. The quantitative estimate of drug-likeness (QED) is 0.329. The summed E-state index contributed by atoms with van der Waals surface area (Å²) in [7, 11) is -3.79. The smallest absolute Gasteiger partial charge is 0.238 e. The first kappa shape index (κ1) is 24.5. The minimum Gasteiger partial charge on any atom is -0.494 e. The number of anilines is 1. The first-order chi connectivity index (χ1) is 16.8. The highest BCUT2D eigenvalue weighted by Crippen LogP contribution is 2.29. The Morgan fingerprint density at radius 1 is 1.00 bits per heavy atom. The Morgan fingerprint density at radius 3 is 2.31 bits per heavy atom. The van der Waals surface area contributed by atoms with Gasteiger partial charge < -0.3 is 10.1 Å². The molecule has 0 saturated carbocycles. The van der Waals surface area contributed by atoms with Gasteiger partial charge in [-0.25, -0.2) is 13.6 Å². The fourth-order valence-corrected chi connectivity index (χ4v) is 4.55. The second-order valence-electron chi connectivity index (χ2n) is 7.34. The lowest BCUT2D eigenvalue weighted by Gasteiger charge is -2.11. The van der Waals surface area contributed by atoms with Crippen LogP contribution in [0.1, 0.15) is 6.92 Å². The van der Waals surface area contributed by atoms with Gasteiger partial charge in [0, 0.05) is 16.9 Å². The van der Waals surface area contributed by atoms with E-state index in [1.807, 2.05) is 66.1 Å². The molecule has 0 fully saturated rings. The maximum atomic E-state index is 12.6. The van der Waals surface area contributed by atoms with Crippen LogP contribution in [0.5, 0.6) is 5.75 Å². The van der Waals surface area contributed by atoms with Crippen LogP contribution in [0, 0.1) is 0 Å². The number of nitrogens with two attached hydrogens (primary N) is 1. The van der Waals surface area contributed by atoms with Crippen LogP contribution < -0.4 is 15.2 Å². The van der Waals surface area contributed by atoms with E-state index in [-0.39, 0.29) is 16.6 Å². The molecule has 180 valence electrons. The van der Waals surface area contributed by atoms with Crippen molar-refractivity contribution in [3.05, 3.63) is 78.9 Å². The molecule has 4 rings (SSSR count). The van der Waals surface area contributed by atoms with Gasteiger partial charge >= 0.3 is 0 Å². The van der Waals surface area contributed by atoms with Crippen molar-refractivity contribution in [2.24, 2.45) is 5.14 Å². The number of ether oxygens (including phenoxy) is 1. The molecule has 1 heterocycles. The summed E-state index contributed by atoms with van der Waals surface area (Å²) < 4.78 is 30.2. The summed E-state index contributed by atoms with van der Waals surface area (Å²) in [6.07, 6.45) is 0. The highest BCUT2D eigenvalue weighted by Gasteiger charge is 2.17. The molecule has 9 nitrogen and oxygen atoms in total. The third kappa shape index (κ3) is 6.07. The van der Waals surface area contributed by atoms with Gasteiger partial charge in [-0.3, -0.25) is 9.36 Å². The number of nitrogens with zero attached hydrogens (tertiary/aromatic N) is 3. The number of carbonyl (C=O) groups excluding carboxylic acids is 1. The molecule has 3 aromatic carbocycles. The molecule has 0 radical (unpaired) electrons. The Labute approximate surface area is 207 Å². The summed E-state index contributed by atoms with van der Waals surface area (Å²) in [6.45, 7) is 2.50. The van der Waals surface area contributed by atoms with Crippen LogP contribution >= 0.6 is 11.8 Å². The molecule has 11 heteroatoms. The van der Waals surface area contributed by atoms with Crippen molar-refractivity contribution in [2.75, 3.05) is 17.7 Å². The maximum Gasteiger partial charge on any atom is 0.238 e. The van der Waals surface area contributed by atoms with Gasteiger partial charge in [0.05, 0.1) is 17.3 Å². The molecule has 1 aromatic heterocycles. The van der Waals surface area contributed by atoms with Gasteiger partial charge in [0.15, 0.2) is 11.0 Å². The van der Waals surface area contributed by atoms with E-state index < -0.39 is 10.0 Å². The summed E-state index contributed by atoms with van der Waals surface area (Å²) in [4.78, 5) is 12.5. The van der Waals surface area contributed by atoms with Crippen LogP contribution in [0.25, 0.3) is 17.1 Å². The van der Waals surface area contributed by atoms with E-state index in [4.69, 9.17) is 9.88 Å². The summed E-state index contributed by atoms with van der Waals surface area (Å²) in [5.41, 5.74) is 2.18. The number of carbonyl (C=O) groups is 1. The summed E-state index contributed by atoms with van der Waals surface area (Å²) in [6, 6.07) is 22.9. The molecule has 4 aromatic rings. The van der Waals surface area contributed by atoms with Crippen molar-refractivity contribution in [3.8, 4) is 22.8 Å². The van der Waals surface area contributed by atoms with Crippen molar-refractivity contribution in [2.45, 2.75) is 17.0 Å². The van der Waals surface area contributed by atoms with Crippen molar-refractivity contribution < 1.29 is 17.9 Å². The average Bonchev–Trinajstić information content (AvgIpc) is 3.28. The number of amides is 1. The largest absolute Gasteiger partial charge is 0.494 e. The minimum absolute atomic E-state index is 0.0261. The number of nitrogens with one attached hydrogen (secondary N) is 1. The molecule has 0 aliphatic heterocycles. The zero-order valence-corrected chi connectivity index (χ0v) is 20.4. The van der Waals surface area contributed by atoms with Crippen molar-refractivity contribution >= 4 is 33.4 Å². The molecular weight excluding hydrogens is 486 g/mol. The normalized spacial score (nSPS) is 11.3. The zero-order chi connectivity index (χ0) is 24.8. The molecule has 0 unspecified atom stereocenters. The number of sulfonamides is 1. The van der Waals surface area contributed by atoms with Gasteiger partial charge in [0.25, 0.3) is 0 Å². The molecule has 0 aliphatic carbocycles. The summed E-state index contributed by atoms with van der Waals surface area (Å²) in [5, 5.41) is 17.1. The lowest BCUT2D eigenvalue weighted by molar-refractivity contribution is -0.113. The Morgan fingerprint density at radius 2 is 1.69 bits per heavy atom. The van der Waals surface area contributed by atoms with E-state index in [1.165, 1.54) is 36.0 Å². The monoisotopic (exact) mass is 509 g/mol. The van der Waals surface area contributed by atoms with Crippen LogP contribution in [-0.4, -0.2) is 41.4 Å². The third-order valence-electron chi connectivity index (χ3n) is 4.87. The van der Waals surface area contributed by atoms with E-state index in [0.717, 1.165) is 17.0 Å². The average molecular weight is 510 g/mol. The van der Waals surface area contributed by atoms with Crippen molar-refractivity contribution in [3.63, 3.8) is 0 Å². The first-order valence-electron chi connectivity index (χ1n) is 10.6. The first-order valence-corrected chi connectivity index (χ1v) is 13.2. The fraction of sp³-hybridized carbons (Fsp3) is 0.125. The SMILES string of the molecule is CCOc1ccc(-n2c(SCC(=O)Nc3ccc(S(N)(=O)=O)cc3)nnc2-c2ccccc2)cc1. The Balaban J connectivity index is 1.54. The zero-order valence-electron chi connectivity index (χ0n) is 18.8. The van der Waals surface area contributed by atoms with Crippen LogP contribution in [0.15, 0.2) is 88.9 Å². The van der Waals surface area contributed by atoms with Crippen molar-refractivity contribution in [1.82, 2.24) is 14.8 Å². The number of hydrogen-bond donors (Lipinski definition) is 2. The van der Waals surface area contributed by atoms with E-state index in [2.05, 4.69) is 15.5 Å². The predicted molar refractivity (Wildman–Crippen MR) is 135 cm³/mol. The maximum absolute atomic E-state index is 12.6. The van der Waals surface area contributed by atoms with E-state index in [0.29, 0.717) is 23.3 Å². The van der Waals surface area contributed by atoms with Crippen LogP contribution in [0.4, 0.5) is 5.69 Å². The molecule has 0 atom stereocenters. The van der Waals surface area contributed by atoms with Gasteiger partial charge in [-0.05, 0) is 55.5 Å². The summed E-state index contributed by atoms with van der Waals surface area (Å²) >= 11 is 1.24. The Kier molecular flexibility index (Phi) is 7.49. The molecule has 0 bridgehead atoms. The summed E-state index contributed by atoms with van der Waals surface area (Å²) in [5.74, 6) is 1.20. The standard InChI is InChI=1S/C24H23N5O4S2/c1-2-33-20-12-10-19(11-13-20)29-23(17-6-4-3-5-7-17)27-28-24(29)34-16-22(30)26-18-8-14-21(15-9-18)35(25,31)32/h3-15H,2,16H2,1H3,(H,26,30)(H2,25,31,32). The highest BCUT2D eigenvalue weighted by atomic mass is 32.2. The molecule has 0 saturated heterocycles.